The Balaban J connectivity index is 1.75. The van der Waals surface area contributed by atoms with Crippen LogP contribution < -0.4 is 10.9 Å². The summed E-state index contributed by atoms with van der Waals surface area (Å²) in [6.07, 6.45) is 2.46. The summed E-state index contributed by atoms with van der Waals surface area (Å²) in [7, 11) is 1.64. The number of H-pyrrole nitrogens is 1. The number of nitrogens with one attached hydrogen (secondary N) is 2. The van der Waals surface area contributed by atoms with Crippen molar-refractivity contribution in [3.63, 3.8) is 0 Å². The second-order valence-corrected chi connectivity index (χ2v) is 8.39. The molecule has 162 valence electrons. The maximum atomic E-state index is 13.1. The molecule has 0 unspecified atom stereocenters. The standard InChI is InChI=1S/C23H26N4O3S/c1-15-7-6-8-16(13-15)21(28)25-19(11-12-31-3)23(30)27(2)14-20-24-18-10-5-4-9-17(18)22(29)26-20/h4-10,13,19H,11-12,14H2,1-3H3,(H,25,28)(H,24,26,29)/t19-/m1/s1. The number of nitrogens with zero attached hydrogens (tertiary/aromatic N) is 2. The van der Waals surface area contributed by atoms with E-state index in [4.69, 9.17) is 0 Å². The van der Waals surface area contributed by atoms with Gasteiger partial charge in [0.1, 0.15) is 11.9 Å². The van der Waals surface area contributed by atoms with Gasteiger partial charge < -0.3 is 15.2 Å². The molecule has 1 heterocycles. The first kappa shape index (κ1) is 22.6. The Labute approximate surface area is 185 Å². The molecule has 0 aliphatic carbocycles. The van der Waals surface area contributed by atoms with Crippen LogP contribution in [0, 0.1) is 6.92 Å². The topological polar surface area (TPSA) is 95.2 Å². The molecule has 0 spiro atoms. The van der Waals surface area contributed by atoms with E-state index in [9.17, 15) is 14.4 Å². The summed E-state index contributed by atoms with van der Waals surface area (Å²) in [4.78, 5) is 46.8. The number of hydrogen-bond acceptors (Lipinski definition) is 5. The molecule has 1 atom stereocenters. The van der Waals surface area contributed by atoms with Gasteiger partial charge in [-0.25, -0.2) is 4.98 Å². The molecule has 2 amide bonds. The lowest BCUT2D eigenvalue weighted by atomic mass is 10.1. The van der Waals surface area contributed by atoms with Crippen molar-refractivity contribution >= 4 is 34.5 Å². The van der Waals surface area contributed by atoms with Crippen LogP contribution in [0.2, 0.25) is 0 Å². The van der Waals surface area contributed by atoms with E-state index < -0.39 is 6.04 Å². The number of amides is 2. The fraction of sp³-hybridized carbons (Fsp3) is 0.304. The largest absolute Gasteiger partial charge is 0.340 e. The lowest BCUT2D eigenvalue weighted by molar-refractivity contribution is -0.132. The number of carbonyl (C=O) groups is 2. The second-order valence-electron chi connectivity index (χ2n) is 7.40. The van der Waals surface area contributed by atoms with Crippen LogP contribution in [-0.4, -0.2) is 51.8 Å². The summed E-state index contributed by atoms with van der Waals surface area (Å²) >= 11 is 1.61. The van der Waals surface area contributed by atoms with Crippen LogP contribution in [0.5, 0.6) is 0 Å². The average Bonchev–Trinajstić information content (AvgIpc) is 2.76. The van der Waals surface area contributed by atoms with Gasteiger partial charge in [0.05, 0.1) is 17.4 Å². The Kier molecular flexibility index (Phi) is 7.46. The van der Waals surface area contributed by atoms with Crippen molar-refractivity contribution in [2.24, 2.45) is 0 Å². The Morgan fingerprint density at radius 2 is 1.97 bits per heavy atom. The number of fused-ring (bicyclic) bond motifs is 1. The number of thioether (sulfide) groups is 1. The van der Waals surface area contributed by atoms with E-state index in [-0.39, 0.29) is 23.9 Å². The van der Waals surface area contributed by atoms with E-state index >= 15 is 0 Å². The minimum atomic E-state index is -0.669. The molecule has 3 aromatic rings. The van der Waals surface area contributed by atoms with Crippen molar-refractivity contribution in [1.82, 2.24) is 20.2 Å². The van der Waals surface area contributed by atoms with Crippen molar-refractivity contribution in [2.75, 3.05) is 19.1 Å². The Morgan fingerprint density at radius 1 is 1.19 bits per heavy atom. The average molecular weight is 439 g/mol. The summed E-state index contributed by atoms with van der Waals surface area (Å²) < 4.78 is 0. The van der Waals surface area contributed by atoms with E-state index in [1.807, 2.05) is 31.4 Å². The van der Waals surface area contributed by atoms with Gasteiger partial charge in [-0.15, -0.1) is 0 Å². The molecular weight excluding hydrogens is 412 g/mol. The van der Waals surface area contributed by atoms with Crippen LogP contribution >= 0.6 is 11.8 Å². The number of likely N-dealkylation sites (N-methyl/N-ethyl adjacent to an activating group) is 1. The first-order valence-electron chi connectivity index (χ1n) is 9.98. The van der Waals surface area contributed by atoms with Crippen LogP contribution in [0.1, 0.15) is 28.2 Å². The number of rotatable bonds is 8. The highest BCUT2D eigenvalue weighted by molar-refractivity contribution is 7.98. The molecule has 3 rings (SSSR count). The summed E-state index contributed by atoms with van der Waals surface area (Å²) in [5.41, 5.74) is 1.83. The predicted molar refractivity (Wildman–Crippen MR) is 124 cm³/mol. The SMILES string of the molecule is CSCC[C@@H](NC(=O)c1cccc(C)c1)C(=O)N(C)Cc1nc2ccccc2c(=O)[nH]1. The monoisotopic (exact) mass is 438 g/mol. The highest BCUT2D eigenvalue weighted by atomic mass is 32.2. The summed E-state index contributed by atoms with van der Waals surface area (Å²) in [5.74, 6) is 0.608. The molecule has 31 heavy (non-hydrogen) atoms. The van der Waals surface area contributed by atoms with Crippen molar-refractivity contribution in [1.29, 1.82) is 0 Å². The maximum absolute atomic E-state index is 13.1. The van der Waals surface area contributed by atoms with Gasteiger partial charge in [0.15, 0.2) is 0 Å². The third-order valence-electron chi connectivity index (χ3n) is 4.92. The van der Waals surface area contributed by atoms with Crippen LogP contribution in [0.15, 0.2) is 53.3 Å². The van der Waals surface area contributed by atoms with Crippen molar-refractivity contribution in [3.05, 3.63) is 75.8 Å². The van der Waals surface area contributed by atoms with Gasteiger partial charge in [0.25, 0.3) is 11.5 Å². The fourth-order valence-corrected chi connectivity index (χ4v) is 3.77. The molecule has 7 nitrogen and oxygen atoms in total. The normalized spacial score (nSPS) is 11.8. The Bertz CT molecular complexity index is 1140. The molecular formula is C23H26N4O3S. The van der Waals surface area contributed by atoms with Gasteiger partial charge >= 0.3 is 0 Å². The summed E-state index contributed by atoms with van der Waals surface area (Å²) in [5, 5.41) is 3.37. The molecule has 0 fully saturated rings. The molecule has 1 aromatic heterocycles. The highest BCUT2D eigenvalue weighted by Crippen LogP contribution is 2.10. The van der Waals surface area contributed by atoms with Crippen LogP contribution in [0.3, 0.4) is 0 Å². The van der Waals surface area contributed by atoms with Crippen LogP contribution in [0.4, 0.5) is 0 Å². The number of hydrogen-bond donors (Lipinski definition) is 2. The van der Waals surface area contributed by atoms with Crippen LogP contribution in [-0.2, 0) is 11.3 Å². The second kappa shape index (κ2) is 10.3. The lowest BCUT2D eigenvalue weighted by Gasteiger charge is -2.24. The molecule has 0 aliphatic heterocycles. The third kappa shape index (κ3) is 5.73. The third-order valence-corrected chi connectivity index (χ3v) is 5.56. The maximum Gasteiger partial charge on any atom is 0.258 e. The van der Waals surface area contributed by atoms with Crippen LogP contribution in [0.25, 0.3) is 10.9 Å². The molecule has 0 aliphatic rings. The summed E-state index contributed by atoms with van der Waals surface area (Å²) in [6, 6.07) is 13.6. The molecule has 8 heteroatoms. The Morgan fingerprint density at radius 3 is 2.71 bits per heavy atom. The van der Waals surface area contributed by atoms with E-state index in [2.05, 4.69) is 15.3 Å². The van der Waals surface area contributed by atoms with Crippen molar-refractivity contribution < 1.29 is 9.59 Å². The van der Waals surface area contributed by atoms with E-state index in [1.54, 1.807) is 49.1 Å². The first-order chi connectivity index (χ1) is 14.9. The number of para-hydroxylation sites is 1. The number of aromatic amines is 1. The van der Waals surface area contributed by atoms with E-state index in [0.29, 0.717) is 28.7 Å². The van der Waals surface area contributed by atoms with Crippen molar-refractivity contribution in [3.8, 4) is 0 Å². The summed E-state index contributed by atoms with van der Waals surface area (Å²) in [6.45, 7) is 2.05. The number of aromatic nitrogens is 2. The number of aryl methyl sites for hydroxylation is 1. The molecule has 0 saturated heterocycles. The van der Waals surface area contributed by atoms with Gasteiger partial charge in [0.2, 0.25) is 5.91 Å². The number of benzene rings is 2. The zero-order chi connectivity index (χ0) is 22.4. The van der Waals surface area contributed by atoms with E-state index in [1.165, 1.54) is 4.90 Å². The molecule has 2 N–H and O–H groups in total. The van der Waals surface area contributed by atoms with Gasteiger partial charge in [-0.3, -0.25) is 14.4 Å². The van der Waals surface area contributed by atoms with Gasteiger partial charge in [0, 0.05) is 12.6 Å². The highest BCUT2D eigenvalue weighted by Gasteiger charge is 2.25. The zero-order valence-corrected chi connectivity index (χ0v) is 18.7. The predicted octanol–water partition coefficient (Wildman–Crippen LogP) is 2.74. The smallest absolute Gasteiger partial charge is 0.258 e. The zero-order valence-electron chi connectivity index (χ0n) is 17.8. The van der Waals surface area contributed by atoms with E-state index in [0.717, 1.165) is 11.3 Å². The molecule has 0 radical (unpaired) electrons. The minimum absolute atomic E-state index is 0.134. The van der Waals surface area contributed by atoms with Gasteiger partial charge in [-0.2, -0.15) is 11.8 Å². The first-order valence-corrected chi connectivity index (χ1v) is 11.4. The quantitative estimate of drug-likeness (QED) is 0.564. The fourth-order valence-electron chi connectivity index (χ4n) is 3.30. The van der Waals surface area contributed by atoms with Crippen molar-refractivity contribution in [2.45, 2.75) is 25.9 Å². The number of carbonyl (C=O) groups excluding carboxylic acids is 2. The lowest BCUT2D eigenvalue weighted by Crippen LogP contribution is -2.47. The molecule has 2 aromatic carbocycles. The molecule has 0 saturated carbocycles. The minimum Gasteiger partial charge on any atom is -0.340 e. The Hall–Kier alpha value is -3.13. The van der Waals surface area contributed by atoms with Gasteiger partial charge in [-0.1, -0.05) is 29.8 Å². The van der Waals surface area contributed by atoms with Gasteiger partial charge in [-0.05, 0) is 49.6 Å². The molecule has 0 bridgehead atoms.